The number of nitrogens with two attached hydrogens (primary N) is 1. The van der Waals surface area contributed by atoms with Gasteiger partial charge in [0.25, 0.3) is 0 Å². The second kappa shape index (κ2) is 4.66. The van der Waals surface area contributed by atoms with Crippen LogP contribution in [-0.2, 0) is 16.1 Å². The Hall–Kier alpha value is -1.35. The Bertz CT molecular complexity index is 372. The summed E-state index contributed by atoms with van der Waals surface area (Å²) in [6, 6.07) is 8.17. The summed E-state index contributed by atoms with van der Waals surface area (Å²) in [5, 5.41) is 0. The van der Waals surface area contributed by atoms with Crippen LogP contribution in [0.3, 0.4) is 0 Å². The quantitative estimate of drug-likeness (QED) is 0.786. The second-order valence-electron chi connectivity index (χ2n) is 4.15. The third kappa shape index (κ3) is 2.25. The topological polar surface area (TPSA) is 52.3 Å². The maximum atomic E-state index is 11.5. The minimum Gasteiger partial charge on any atom is -0.466 e. The van der Waals surface area contributed by atoms with E-state index in [4.69, 9.17) is 10.5 Å². The molecule has 2 atom stereocenters. The van der Waals surface area contributed by atoms with Crippen LogP contribution in [-0.4, -0.2) is 12.6 Å². The van der Waals surface area contributed by atoms with Gasteiger partial charge in [-0.1, -0.05) is 24.3 Å². The molecule has 1 fully saturated rings. The zero-order valence-electron chi connectivity index (χ0n) is 9.48. The summed E-state index contributed by atoms with van der Waals surface area (Å²) in [5.41, 5.74) is 7.87. The zero-order chi connectivity index (χ0) is 11.5. The highest BCUT2D eigenvalue weighted by atomic mass is 16.5. The molecular formula is C13H17NO2. The lowest BCUT2D eigenvalue weighted by molar-refractivity contribution is -0.144. The molecule has 0 aromatic heterocycles. The normalized spacial score (nSPS) is 22.9. The molecule has 1 aromatic carbocycles. The van der Waals surface area contributed by atoms with E-state index in [1.54, 1.807) is 0 Å². The minimum absolute atomic E-state index is 0.0598. The first-order chi connectivity index (χ1) is 7.76. The number of carbonyl (C=O) groups is 1. The Labute approximate surface area is 95.6 Å². The molecule has 0 bridgehead atoms. The van der Waals surface area contributed by atoms with Crippen LogP contribution in [0, 0.1) is 5.92 Å². The first-order valence-corrected chi connectivity index (χ1v) is 5.71. The van der Waals surface area contributed by atoms with E-state index in [0.717, 1.165) is 12.0 Å². The molecule has 1 saturated carbocycles. The summed E-state index contributed by atoms with van der Waals surface area (Å²) >= 11 is 0. The Morgan fingerprint density at radius 1 is 1.44 bits per heavy atom. The van der Waals surface area contributed by atoms with Crippen molar-refractivity contribution in [2.75, 3.05) is 6.61 Å². The van der Waals surface area contributed by atoms with E-state index in [1.165, 1.54) is 5.56 Å². The van der Waals surface area contributed by atoms with Crippen LogP contribution in [0.4, 0.5) is 0 Å². The fourth-order valence-corrected chi connectivity index (χ4v) is 1.97. The van der Waals surface area contributed by atoms with Crippen molar-refractivity contribution in [3.8, 4) is 0 Å². The third-order valence-electron chi connectivity index (χ3n) is 3.02. The van der Waals surface area contributed by atoms with Gasteiger partial charge in [0.05, 0.1) is 12.5 Å². The van der Waals surface area contributed by atoms with Crippen LogP contribution >= 0.6 is 0 Å². The number of hydrogen-bond donors (Lipinski definition) is 1. The van der Waals surface area contributed by atoms with Crippen molar-refractivity contribution >= 4 is 5.97 Å². The molecule has 2 N–H and O–H groups in total. The minimum atomic E-state index is -0.0598. The first-order valence-electron chi connectivity index (χ1n) is 5.71. The largest absolute Gasteiger partial charge is 0.466 e. The highest BCUT2D eigenvalue weighted by Gasteiger charge is 2.44. The summed E-state index contributed by atoms with van der Waals surface area (Å²) in [6.45, 7) is 2.87. The monoisotopic (exact) mass is 219 g/mol. The molecule has 1 aliphatic carbocycles. The summed E-state index contributed by atoms with van der Waals surface area (Å²) in [6.07, 6.45) is 0.917. The van der Waals surface area contributed by atoms with E-state index in [2.05, 4.69) is 12.1 Å². The molecular weight excluding hydrogens is 202 g/mol. The van der Waals surface area contributed by atoms with Gasteiger partial charge in [0.1, 0.15) is 0 Å². The number of hydrogen-bond acceptors (Lipinski definition) is 3. The van der Waals surface area contributed by atoms with Gasteiger partial charge in [-0.2, -0.15) is 0 Å². The molecule has 0 spiro atoms. The van der Waals surface area contributed by atoms with Crippen molar-refractivity contribution in [3.63, 3.8) is 0 Å². The smallest absolute Gasteiger partial charge is 0.309 e. The molecule has 0 radical (unpaired) electrons. The highest BCUT2D eigenvalue weighted by molar-refractivity contribution is 5.77. The Morgan fingerprint density at radius 3 is 2.69 bits per heavy atom. The van der Waals surface area contributed by atoms with Gasteiger partial charge in [-0.25, -0.2) is 0 Å². The number of benzene rings is 1. The molecule has 0 heterocycles. The predicted octanol–water partition coefficient (Wildman–Crippen LogP) is 1.81. The number of esters is 1. The first kappa shape index (κ1) is 11.1. The molecule has 86 valence electrons. The van der Waals surface area contributed by atoms with Gasteiger partial charge in [0.2, 0.25) is 0 Å². The molecule has 0 aliphatic heterocycles. The third-order valence-corrected chi connectivity index (χ3v) is 3.02. The van der Waals surface area contributed by atoms with Crippen molar-refractivity contribution < 1.29 is 9.53 Å². The predicted molar refractivity (Wildman–Crippen MR) is 61.8 cm³/mol. The number of ether oxygens (including phenoxy) is 1. The lowest BCUT2D eigenvalue weighted by Gasteiger charge is -2.02. The lowest BCUT2D eigenvalue weighted by Crippen LogP contribution is -2.07. The Balaban J connectivity index is 1.97. The Morgan fingerprint density at radius 2 is 2.12 bits per heavy atom. The molecule has 1 aromatic rings. The van der Waals surface area contributed by atoms with Crippen molar-refractivity contribution in [2.45, 2.75) is 25.8 Å². The lowest BCUT2D eigenvalue weighted by atomic mass is 10.1. The molecule has 16 heavy (non-hydrogen) atoms. The molecule has 0 amide bonds. The fraction of sp³-hybridized carbons (Fsp3) is 0.462. The van der Waals surface area contributed by atoms with E-state index in [-0.39, 0.29) is 11.9 Å². The van der Waals surface area contributed by atoms with Crippen molar-refractivity contribution in [3.05, 3.63) is 35.4 Å². The van der Waals surface area contributed by atoms with E-state index >= 15 is 0 Å². The highest BCUT2D eigenvalue weighted by Crippen LogP contribution is 2.48. The van der Waals surface area contributed by atoms with E-state index in [1.807, 2.05) is 19.1 Å². The van der Waals surface area contributed by atoms with Crippen LogP contribution < -0.4 is 5.73 Å². The summed E-state index contributed by atoms with van der Waals surface area (Å²) in [4.78, 5) is 11.5. The molecule has 0 saturated heterocycles. The van der Waals surface area contributed by atoms with Crippen LogP contribution in [0.1, 0.15) is 30.4 Å². The van der Waals surface area contributed by atoms with Gasteiger partial charge in [-0.05, 0) is 30.4 Å². The summed E-state index contributed by atoms with van der Waals surface area (Å²) in [5.74, 6) is 0.366. The standard InChI is InChI=1S/C13H17NO2/c1-2-16-13(15)12-7-11(12)10-5-3-9(8-14)4-6-10/h3-6,11-12H,2,7-8,14H2,1H3/t11-,12+/m0/s1. The van der Waals surface area contributed by atoms with Gasteiger partial charge in [-0.3, -0.25) is 4.79 Å². The molecule has 3 nitrogen and oxygen atoms in total. The van der Waals surface area contributed by atoms with Crippen molar-refractivity contribution in [2.24, 2.45) is 11.7 Å². The van der Waals surface area contributed by atoms with Crippen LogP contribution in [0.2, 0.25) is 0 Å². The average Bonchev–Trinajstić information content (AvgIpc) is 3.09. The maximum absolute atomic E-state index is 11.5. The van der Waals surface area contributed by atoms with Crippen LogP contribution in [0.5, 0.6) is 0 Å². The number of rotatable bonds is 4. The maximum Gasteiger partial charge on any atom is 0.309 e. The molecule has 1 aliphatic rings. The summed E-state index contributed by atoms with van der Waals surface area (Å²) < 4.78 is 5.00. The number of carbonyl (C=O) groups excluding carboxylic acids is 1. The van der Waals surface area contributed by atoms with Crippen LogP contribution in [0.15, 0.2) is 24.3 Å². The van der Waals surface area contributed by atoms with Crippen LogP contribution in [0.25, 0.3) is 0 Å². The molecule has 3 heteroatoms. The van der Waals surface area contributed by atoms with E-state index in [0.29, 0.717) is 19.1 Å². The van der Waals surface area contributed by atoms with E-state index < -0.39 is 0 Å². The van der Waals surface area contributed by atoms with Crippen molar-refractivity contribution in [1.82, 2.24) is 0 Å². The SMILES string of the molecule is CCOC(=O)[C@@H]1C[C@H]1c1ccc(CN)cc1. The Kier molecular flexibility index (Phi) is 3.25. The second-order valence-corrected chi connectivity index (χ2v) is 4.15. The zero-order valence-corrected chi connectivity index (χ0v) is 9.48. The van der Waals surface area contributed by atoms with Gasteiger partial charge >= 0.3 is 5.97 Å². The average molecular weight is 219 g/mol. The molecule has 2 rings (SSSR count). The van der Waals surface area contributed by atoms with Gasteiger partial charge in [-0.15, -0.1) is 0 Å². The van der Waals surface area contributed by atoms with Gasteiger partial charge in [0.15, 0.2) is 0 Å². The van der Waals surface area contributed by atoms with Gasteiger partial charge < -0.3 is 10.5 Å². The fourth-order valence-electron chi connectivity index (χ4n) is 1.97. The molecule has 0 unspecified atom stereocenters. The van der Waals surface area contributed by atoms with E-state index in [9.17, 15) is 4.79 Å². The van der Waals surface area contributed by atoms with Crippen molar-refractivity contribution in [1.29, 1.82) is 0 Å². The van der Waals surface area contributed by atoms with Gasteiger partial charge in [0, 0.05) is 6.54 Å². The summed E-state index contributed by atoms with van der Waals surface area (Å²) in [7, 11) is 0.